The second-order valence-electron chi connectivity index (χ2n) is 5.07. The number of carbonyl (C=O) groups excluding carboxylic acids is 2. The molecule has 1 atom stereocenters. The summed E-state index contributed by atoms with van der Waals surface area (Å²) in [4.78, 5) is 25.8. The Morgan fingerprint density at radius 1 is 1.32 bits per heavy atom. The van der Waals surface area contributed by atoms with E-state index in [4.69, 9.17) is 11.6 Å². The molecule has 0 aromatic heterocycles. The summed E-state index contributed by atoms with van der Waals surface area (Å²) in [5.41, 5.74) is 0.632. The number of hydrogen-bond acceptors (Lipinski definition) is 4. The van der Waals surface area contributed by atoms with Gasteiger partial charge in [-0.25, -0.2) is 0 Å². The molecule has 1 amide bonds. The molecule has 0 radical (unpaired) electrons. The monoisotopic (exact) mass is 362 g/mol. The van der Waals surface area contributed by atoms with Gasteiger partial charge in [0.25, 0.3) is 0 Å². The number of hydrogen-bond donors (Lipinski definition) is 1. The van der Waals surface area contributed by atoms with Gasteiger partial charge >= 0.3 is 0 Å². The zero-order chi connectivity index (χ0) is 15.2. The molecule has 1 aliphatic rings. The van der Waals surface area contributed by atoms with Crippen molar-refractivity contribution in [1.82, 2.24) is 10.2 Å². The van der Waals surface area contributed by atoms with Gasteiger partial charge in [0.15, 0.2) is 5.78 Å². The molecule has 22 heavy (non-hydrogen) atoms. The van der Waals surface area contributed by atoms with E-state index in [0.29, 0.717) is 22.1 Å². The lowest BCUT2D eigenvalue weighted by atomic mass is 10.1. The van der Waals surface area contributed by atoms with Gasteiger partial charge in [-0.1, -0.05) is 11.6 Å². The molecule has 1 aromatic carbocycles. The number of nitrogens with one attached hydrogen (secondary N) is 1. The van der Waals surface area contributed by atoms with Gasteiger partial charge < -0.3 is 10.2 Å². The lowest BCUT2D eigenvalue weighted by Crippen LogP contribution is -2.39. The molecule has 1 saturated heterocycles. The molecule has 1 N–H and O–H groups in total. The Morgan fingerprint density at radius 3 is 2.59 bits per heavy atom. The van der Waals surface area contributed by atoms with E-state index in [1.807, 2.05) is 7.05 Å². The summed E-state index contributed by atoms with van der Waals surface area (Å²) in [7, 11) is 1.83. The Bertz CT molecular complexity index is 505. The maximum atomic E-state index is 12.0. The van der Waals surface area contributed by atoms with Gasteiger partial charge in [-0.05, 0) is 37.2 Å². The zero-order valence-electron chi connectivity index (χ0n) is 12.4. The smallest absolute Gasteiger partial charge is 0.232 e. The molecule has 0 bridgehead atoms. The normalized spacial score (nSPS) is 16.9. The summed E-state index contributed by atoms with van der Waals surface area (Å²) < 4.78 is 0. The van der Waals surface area contributed by atoms with E-state index >= 15 is 0 Å². The summed E-state index contributed by atoms with van der Waals surface area (Å²) in [5, 5.41) is 3.86. The SMILES string of the molecule is CN(C(=O)CSCC(=O)c1ccc(Cl)cc1)C1CCNC1.Cl. The summed E-state index contributed by atoms with van der Waals surface area (Å²) in [6.07, 6.45) is 0.997. The highest BCUT2D eigenvalue weighted by Crippen LogP contribution is 2.14. The van der Waals surface area contributed by atoms with Crippen molar-refractivity contribution in [1.29, 1.82) is 0 Å². The molecule has 1 aromatic rings. The molecular weight excluding hydrogens is 343 g/mol. The van der Waals surface area contributed by atoms with Crippen LogP contribution in [0.3, 0.4) is 0 Å². The molecule has 2 rings (SSSR count). The molecule has 122 valence electrons. The second-order valence-corrected chi connectivity index (χ2v) is 6.50. The first-order chi connectivity index (χ1) is 10.1. The molecule has 1 fully saturated rings. The number of ketones is 1. The van der Waals surface area contributed by atoms with Crippen LogP contribution < -0.4 is 5.32 Å². The van der Waals surface area contributed by atoms with Gasteiger partial charge in [0.1, 0.15) is 0 Å². The van der Waals surface area contributed by atoms with E-state index in [-0.39, 0.29) is 30.1 Å². The molecule has 0 saturated carbocycles. The van der Waals surface area contributed by atoms with Gasteiger partial charge in [0.2, 0.25) is 5.91 Å². The van der Waals surface area contributed by atoms with Crippen molar-refractivity contribution in [3.05, 3.63) is 34.9 Å². The van der Waals surface area contributed by atoms with Crippen LogP contribution in [0, 0.1) is 0 Å². The quantitative estimate of drug-likeness (QED) is 0.789. The van der Waals surface area contributed by atoms with Crippen molar-refractivity contribution < 1.29 is 9.59 Å². The summed E-state index contributed by atoms with van der Waals surface area (Å²) in [6.45, 7) is 1.82. The Hall–Kier alpha value is -0.750. The Labute approximate surface area is 146 Å². The van der Waals surface area contributed by atoms with E-state index in [2.05, 4.69) is 5.32 Å². The largest absolute Gasteiger partial charge is 0.341 e. The molecule has 7 heteroatoms. The van der Waals surface area contributed by atoms with Crippen molar-refractivity contribution in [2.75, 3.05) is 31.6 Å². The topological polar surface area (TPSA) is 49.4 Å². The molecule has 0 aliphatic carbocycles. The lowest BCUT2D eigenvalue weighted by molar-refractivity contribution is -0.128. The van der Waals surface area contributed by atoms with Crippen molar-refractivity contribution in [3.8, 4) is 0 Å². The summed E-state index contributed by atoms with van der Waals surface area (Å²) in [5.74, 6) is 0.753. The van der Waals surface area contributed by atoms with E-state index < -0.39 is 0 Å². The highest BCUT2D eigenvalue weighted by molar-refractivity contribution is 8.00. The fourth-order valence-corrected chi connectivity index (χ4v) is 3.18. The highest BCUT2D eigenvalue weighted by Gasteiger charge is 2.22. The first kappa shape index (κ1) is 19.3. The molecule has 1 unspecified atom stereocenters. The number of rotatable bonds is 6. The standard InChI is InChI=1S/C15H19ClN2O2S.ClH/c1-18(13-6-7-17-8-13)15(20)10-21-9-14(19)11-2-4-12(16)5-3-11;/h2-5,13,17H,6-10H2,1H3;1H. The van der Waals surface area contributed by atoms with Crippen LogP contribution in [0.2, 0.25) is 5.02 Å². The number of halogens is 2. The number of benzene rings is 1. The highest BCUT2D eigenvalue weighted by atomic mass is 35.5. The van der Waals surface area contributed by atoms with Gasteiger partial charge in [-0.15, -0.1) is 24.2 Å². The Morgan fingerprint density at radius 2 is 2.00 bits per heavy atom. The van der Waals surface area contributed by atoms with Crippen LogP contribution in [-0.2, 0) is 4.79 Å². The van der Waals surface area contributed by atoms with Crippen molar-refractivity contribution in [2.24, 2.45) is 0 Å². The summed E-state index contributed by atoms with van der Waals surface area (Å²) >= 11 is 7.15. The third-order valence-electron chi connectivity index (χ3n) is 3.60. The molecule has 1 aliphatic heterocycles. The van der Waals surface area contributed by atoms with Gasteiger partial charge in [0, 0.05) is 30.2 Å². The van der Waals surface area contributed by atoms with E-state index in [0.717, 1.165) is 19.5 Å². The van der Waals surface area contributed by atoms with Gasteiger partial charge in [0.05, 0.1) is 11.5 Å². The minimum atomic E-state index is 0. The third kappa shape index (κ3) is 5.47. The average molecular weight is 363 g/mol. The fraction of sp³-hybridized carbons (Fsp3) is 0.467. The first-order valence-corrected chi connectivity index (χ1v) is 8.44. The van der Waals surface area contributed by atoms with Crippen LogP contribution in [0.1, 0.15) is 16.8 Å². The maximum Gasteiger partial charge on any atom is 0.232 e. The second kappa shape index (κ2) is 9.40. The molecular formula is C15H20Cl2N2O2S. The first-order valence-electron chi connectivity index (χ1n) is 6.91. The number of amides is 1. The zero-order valence-corrected chi connectivity index (χ0v) is 14.8. The van der Waals surface area contributed by atoms with Crippen molar-refractivity contribution in [2.45, 2.75) is 12.5 Å². The number of nitrogens with zero attached hydrogens (tertiary/aromatic N) is 1. The number of carbonyl (C=O) groups is 2. The van der Waals surface area contributed by atoms with Crippen LogP contribution in [0.5, 0.6) is 0 Å². The number of Topliss-reactive ketones (excluding diaryl/α,β-unsaturated/α-hetero) is 1. The predicted octanol–water partition coefficient (Wildman–Crippen LogP) is 2.50. The molecule has 4 nitrogen and oxygen atoms in total. The van der Waals surface area contributed by atoms with Crippen molar-refractivity contribution in [3.63, 3.8) is 0 Å². The van der Waals surface area contributed by atoms with Crippen LogP contribution in [0.4, 0.5) is 0 Å². The Balaban J connectivity index is 0.00000242. The number of thioether (sulfide) groups is 1. The van der Waals surface area contributed by atoms with Crippen LogP contribution in [-0.4, -0.2) is 54.3 Å². The third-order valence-corrected chi connectivity index (χ3v) is 4.77. The average Bonchev–Trinajstić information content (AvgIpc) is 3.01. The maximum absolute atomic E-state index is 12.0. The van der Waals surface area contributed by atoms with Crippen LogP contribution >= 0.6 is 35.8 Å². The van der Waals surface area contributed by atoms with Crippen molar-refractivity contribution >= 4 is 47.5 Å². The van der Waals surface area contributed by atoms with Crippen LogP contribution in [0.25, 0.3) is 0 Å². The van der Waals surface area contributed by atoms with Gasteiger partial charge in [-0.3, -0.25) is 9.59 Å². The fourth-order valence-electron chi connectivity index (χ4n) is 2.23. The van der Waals surface area contributed by atoms with E-state index in [1.165, 1.54) is 11.8 Å². The Kier molecular flexibility index (Phi) is 8.25. The van der Waals surface area contributed by atoms with E-state index in [1.54, 1.807) is 29.2 Å². The summed E-state index contributed by atoms with van der Waals surface area (Å²) in [6, 6.07) is 7.11. The minimum absolute atomic E-state index is 0. The van der Waals surface area contributed by atoms with E-state index in [9.17, 15) is 9.59 Å². The number of likely N-dealkylation sites (N-methyl/N-ethyl adjacent to an activating group) is 1. The molecule has 0 spiro atoms. The molecule has 1 heterocycles. The minimum Gasteiger partial charge on any atom is -0.341 e. The van der Waals surface area contributed by atoms with Crippen LogP contribution in [0.15, 0.2) is 24.3 Å². The van der Waals surface area contributed by atoms with Gasteiger partial charge in [-0.2, -0.15) is 0 Å². The predicted molar refractivity (Wildman–Crippen MR) is 94.4 cm³/mol. The lowest BCUT2D eigenvalue weighted by Gasteiger charge is -2.23.